The van der Waals surface area contributed by atoms with E-state index in [0.717, 1.165) is 23.8 Å². The zero-order chi connectivity index (χ0) is 14.6. The van der Waals surface area contributed by atoms with Crippen molar-refractivity contribution in [2.75, 3.05) is 6.54 Å². The van der Waals surface area contributed by atoms with Crippen LogP contribution in [-0.2, 0) is 6.54 Å². The highest BCUT2D eigenvalue weighted by Gasteiger charge is 2.21. The van der Waals surface area contributed by atoms with Gasteiger partial charge >= 0.3 is 0 Å². The molecule has 0 saturated carbocycles. The third-order valence-electron chi connectivity index (χ3n) is 4.04. The van der Waals surface area contributed by atoms with E-state index in [1.54, 1.807) is 11.3 Å². The first kappa shape index (κ1) is 15.2. The number of hydrogen-bond donors (Lipinski definition) is 1. The Kier molecular flexibility index (Phi) is 4.95. The highest BCUT2D eigenvalue weighted by molar-refractivity contribution is 7.09. The van der Waals surface area contributed by atoms with Gasteiger partial charge in [0.05, 0.1) is 5.69 Å². The SMILES string of the molecule is CC(C)C(C)(C)CNCc1nc(-c2ccccc2)cs1. The Morgan fingerprint density at radius 3 is 2.55 bits per heavy atom. The molecule has 0 aliphatic rings. The second kappa shape index (κ2) is 6.51. The molecule has 1 heterocycles. The maximum absolute atomic E-state index is 4.70. The van der Waals surface area contributed by atoms with E-state index in [1.807, 2.05) is 6.07 Å². The lowest BCUT2D eigenvalue weighted by atomic mass is 9.81. The lowest BCUT2D eigenvalue weighted by Gasteiger charge is -2.29. The molecule has 0 saturated heterocycles. The first-order chi connectivity index (χ1) is 9.49. The molecule has 0 fully saturated rings. The average Bonchev–Trinajstić information content (AvgIpc) is 2.88. The summed E-state index contributed by atoms with van der Waals surface area (Å²) in [5, 5.41) is 6.83. The molecule has 3 heteroatoms. The monoisotopic (exact) mass is 288 g/mol. The highest BCUT2D eigenvalue weighted by atomic mass is 32.1. The molecule has 1 N–H and O–H groups in total. The molecule has 1 aromatic heterocycles. The molecule has 0 bridgehead atoms. The molecule has 0 aliphatic heterocycles. The minimum atomic E-state index is 0.319. The van der Waals surface area contributed by atoms with E-state index < -0.39 is 0 Å². The summed E-state index contributed by atoms with van der Waals surface area (Å²) in [6.07, 6.45) is 0. The van der Waals surface area contributed by atoms with Gasteiger partial charge in [-0.1, -0.05) is 58.0 Å². The van der Waals surface area contributed by atoms with Crippen LogP contribution in [0.2, 0.25) is 0 Å². The van der Waals surface area contributed by atoms with Crippen molar-refractivity contribution in [3.05, 3.63) is 40.7 Å². The van der Waals surface area contributed by atoms with E-state index in [1.165, 1.54) is 5.56 Å². The van der Waals surface area contributed by atoms with Crippen molar-refractivity contribution in [2.45, 2.75) is 34.2 Å². The number of rotatable bonds is 6. The summed E-state index contributed by atoms with van der Waals surface area (Å²) in [5.74, 6) is 0.672. The first-order valence-corrected chi connectivity index (χ1v) is 8.07. The molecular weight excluding hydrogens is 264 g/mol. The van der Waals surface area contributed by atoms with Crippen molar-refractivity contribution in [3.63, 3.8) is 0 Å². The normalized spacial score (nSPS) is 12.1. The summed E-state index contributed by atoms with van der Waals surface area (Å²) >= 11 is 1.73. The maximum atomic E-state index is 4.70. The van der Waals surface area contributed by atoms with Crippen LogP contribution in [-0.4, -0.2) is 11.5 Å². The Morgan fingerprint density at radius 1 is 1.20 bits per heavy atom. The maximum Gasteiger partial charge on any atom is 0.107 e. The Morgan fingerprint density at radius 2 is 1.90 bits per heavy atom. The quantitative estimate of drug-likeness (QED) is 0.841. The Hall–Kier alpha value is -1.19. The van der Waals surface area contributed by atoms with Gasteiger partial charge in [0, 0.05) is 24.0 Å². The van der Waals surface area contributed by atoms with Crippen LogP contribution < -0.4 is 5.32 Å². The zero-order valence-corrected chi connectivity index (χ0v) is 13.6. The van der Waals surface area contributed by atoms with Crippen LogP contribution in [0.4, 0.5) is 0 Å². The summed E-state index contributed by atoms with van der Waals surface area (Å²) in [6.45, 7) is 11.0. The number of hydrogen-bond acceptors (Lipinski definition) is 3. The number of thiazole rings is 1. The van der Waals surface area contributed by atoms with E-state index in [4.69, 9.17) is 4.98 Å². The minimum Gasteiger partial charge on any atom is -0.310 e. The fourth-order valence-electron chi connectivity index (χ4n) is 1.83. The number of benzene rings is 1. The van der Waals surface area contributed by atoms with Gasteiger partial charge < -0.3 is 5.32 Å². The van der Waals surface area contributed by atoms with Gasteiger partial charge in [0.2, 0.25) is 0 Å². The Balaban J connectivity index is 1.91. The predicted octanol–water partition coefficient (Wildman–Crippen LogP) is 4.58. The molecule has 0 amide bonds. The molecule has 0 aliphatic carbocycles. The summed E-state index contributed by atoms with van der Waals surface area (Å²) in [7, 11) is 0. The predicted molar refractivity (Wildman–Crippen MR) is 87.9 cm³/mol. The number of nitrogens with one attached hydrogen (secondary N) is 1. The van der Waals surface area contributed by atoms with Crippen molar-refractivity contribution < 1.29 is 0 Å². The van der Waals surface area contributed by atoms with E-state index >= 15 is 0 Å². The molecule has 108 valence electrons. The molecule has 1 aromatic carbocycles. The van der Waals surface area contributed by atoms with Gasteiger partial charge in [0.25, 0.3) is 0 Å². The van der Waals surface area contributed by atoms with Gasteiger partial charge in [0.1, 0.15) is 5.01 Å². The van der Waals surface area contributed by atoms with E-state index in [0.29, 0.717) is 11.3 Å². The molecular formula is C17H24N2S. The second-order valence-corrected chi connectivity index (χ2v) is 7.18. The largest absolute Gasteiger partial charge is 0.310 e. The topological polar surface area (TPSA) is 24.9 Å². The van der Waals surface area contributed by atoms with Gasteiger partial charge in [-0.15, -0.1) is 11.3 Å². The van der Waals surface area contributed by atoms with Crippen LogP contribution >= 0.6 is 11.3 Å². The van der Waals surface area contributed by atoms with Crippen molar-refractivity contribution in [1.29, 1.82) is 0 Å². The van der Waals surface area contributed by atoms with Crippen LogP contribution in [0.1, 0.15) is 32.7 Å². The van der Waals surface area contributed by atoms with Gasteiger partial charge in [-0.3, -0.25) is 0 Å². The minimum absolute atomic E-state index is 0.319. The number of aromatic nitrogens is 1. The molecule has 20 heavy (non-hydrogen) atoms. The molecule has 0 radical (unpaired) electrons. The molecule has 2 rings (SSSR count). The molecule has 2 nitrogen and oxygen atoms in total. The summed E-state index contributed by atoms with van der Waals surface area (Å²) in [6, 6.07) is 10.4. The molecule has 0 atom stereocenters. The van der Waals surface area contributed by atoms with Crippen LogP contribution in [0.3, 0.4) is 0 Å². The van der Waals surface area contributed by atoms with Crippen molar-refractivity contribution >= 4 is 11.3 Å². The molecule has 0 unspecified atom stereocenters. The first-order valence-electron chi connectivity index (χ1n) is 7.19. The summed E-state index contributed by atoms with van der Waals surface area (Å²) < 4.78 is 0. The van der Waals surface area contributed by atoms with Crippen LogP contribution in [0.5, 0.6) is 0 Å². The van der Waals surface area contributed by atoms with Gasteiger partial charge in [-0.2, -0.15) is 0 Å². The Bertz CT molecular complexity index is 529. The van der Waals surface area contributed by atoms with E-state index in [-0.39, 0.29) is 0 Å². The fourth-order valence-corrected chi connectivity index (χ4v) is 2.60. The van der Waals surface area contributed by atoms with E-state index in [9.17, 15) is 0 Å². The fraction of sp³-hybridized carbons (Fsp3) is 0.471. The van der Waals surface area contributed by atoms with Crippen molar-refractivity contribution in [3.8, 4) is 11.3 Å². The number of nitrogens with zero attached hydrogens (tertiary/aromatic N) is 1. The standard InChI is InChI=1S/C17H24N2S/c1-13(2)17(3,4)12-18-10-16-19-15(11-20-16)14-8-6-5-7-9-14/h5-9,11,13,18H,10,12H2,1-4H3. The third kappa shape index (κ3) is 3.90. The third-order valence-corrected chi connectivity index (χ3v) is 4.89. The average molecular weight is 288 g/mol. The summed E-state index contributed by atoms with van der Waals surface area (Å²) in [5.41, 5.74) is 2.59. The zero-order valence-electron chi connectivity index (χ0n) is 12.8. The lowest BCUT2D eigenvalue weighted by molar-refractivity contribution is 0.238. The molecule has 2 aromatic rings. The Labute approximate surface area is 126 Å². The lowest BCUT2D eigenvalue weighted by Crippen LogP contribution is -2.33. The second-order valence-electron chi connectivity index (χ2n) is 6.24. The van der Waals surface area contributed by atoms with Crippen molar-refractivity contribution in [1.82, 2.24) is 10.3 Å². The van der Waals surface area contributed by atoms with Crippen LogP contribution in [0, 0.1) is 11.3 Å². The highest BCUT2D eigenvalue weighted by Crippen LogP contribution is 2.25. The van der Waals surface area contributed by atoms with Gasteiger partial charge in [-0.25, -0.2) is 4.98 Å². The molecule has 0 spiro atoms. The summed E-state index contributed by atoms with van der Waals surface area (Å²) in [4.78, 5) is 4.70. The smallest absolute Gasteiger partial charge is 0.107 e. The van der Waals surface area contributed by atoms with E-state index in [2.05, 4.69) is 62.7 Å². The van der Waals surface area contributed by atoms with Crippen LogP contribution in [0.15, 0.2) is 35.7 Å². The van der Waals surface area contributed by atoms with Gasteiger partial charge in [0.15, 0.2) is 0 Å². The van der Waals surface area contributed by atoms with Crippen LogP contribution in [0.25, 0.3) is 11.3 Å². The van der Waals surface area contributed by atoms with Crippen molar-refractivity contribution in [2.24, 2.45) is 11.3 Å². The van der Waals surface area contributed by atoms with Gasteiger partial charge in [-0.05, 0) is 11.3 Å².